The highest BCUT2D eigenvalue weighted by atomic mass is 16.8. The van der Waals surface area contributed by atoms with Crippen molar-refractivity contribution in [3.8, 4) is 0 Å². The lowest BCUT2D eigenvalue weighted by Gasteiger charge is -2.50. The highest BCUT2D eigenvalue weighted by Gasteiger charge is 2.59. The van der Waals surface area contributed by atoms with Gasteiger partial charge in [-0.1, -0.05) is 6.92 Å². The third kappa shape index (κ3) is 9.00. The third-order valence-electron chi connectivity index (χ3n) is 7.39. The second-order valence-electron chi connectivity index (χ2n) is 10.8. The molecule has 2 aliphatic rings. The summed E-state index contributed by atoms with van der Waals surface area (Å²) in [6.45, 7) is 1.23. The van der Waals surface area contributed by atoms with Gasteiger partial charge in [0.15, 0.2) is 6.29 Å². The van der Waals surface area contributed by atoms with Gasteiger partial charge in [0.1, 0.15) is 48.8 Å². The van der Waals surface area contributed by atoms with Crippen molar-refractivity contribution in [2.24, 2.45) is 0 Å². The summed E-state index contributed by atoms with van der Waals surface area (Å²) in [4.78, 5) is 36.0. The van der Waals surface area contributed by atoms with Crippen molar-refractivity contribution >= 4 is 17.8 Å². The van der Waals surface area contributed by atoms with Crippen molar-refractivity contribution in [1.29, 1.82) is 0 Å². The molecule has 0 radical (unpaired) electrons. The molecule has 2 fully saturated rings. The molecule has 0 aromatic heterocycles. The molecule has 0 bridgehead atoms. The van der Waals surface area contributed by atoms with Crippen molar-refractivity contribution in [3.63, 3.8) is 0 Å². The molecule has 0 saturated carbocycles. The largest absolute Gasteiger partial charge is 0.477 e. The number of ether oxygens (including phenoxy) is 4. The molecule has 0 aromatic rings. The Balaban J connectivity index is 2.41. The van der Waals surface area contributed by atoms with Crippen LogP contribution in [0.1, 0.15) is 33.6 Å². The maximum atomic E-state index is 12.6. The summed E-state index contributed by atoms with van der Waals surface area (Å²) < 4.78 is 22.0. The molecule has 0 aromatic carbocycles. The van der Waals surface area contributed by atoms with E-state index in [-0.39, 0.29) is 6.42 Å². The first-order valence-corrected chi connectivity index (χ1v) is 13.9. The number of amides is 2. The van der Waals surface area contributed by atoms with Crippen LogP contribution < -0.4 is 10.6 Å². The fourth-order valence-electron chi connectivity index (χ4n) is 4.99. The average molecular weight is 645 g/mol. The van der Waals surface area contributed by atoms with Gasteiger partial charge in [0.05, 0.1) is 44.1 Å². The molecule has 12 N–H and O–H groups in total. The van der Waals surface area contributed by atoms with E-state index in [1.807, 2.05) is 0 Å². The van der Waals surface area contributed by atoms with Crippen LogP contribution in [0.3, 0.4) is 0 Å². The topological polar surface area (TPSA) is 314 Å². The molecule has 44 heavy (non-hydrogen) atoms. The minimum atomic E-state index is -2.97. The van der Waals surface area contributed by atoms with Gasteiger partial charge in [-0.25, -0.2) is 4.79 Å². The summed E-state index contributed by atoms with van der Waals surface area (Å²) in [7, 11) is 0. The number of rotatable bonds is 15. The molecule has 2 saturated heterocycles. The zero-order chi connectivity index (χ0) is 33.5. The van der Waals surface area contributed by atoms with Crippen LogP contribution in [0.5, 0.6) is 0 Å². The van der Waals surface area contributed by atoms with Crippen LogP contribution in [-0.4, -0.2) is 174 Å². The Labute approximate surface area is 251 Å². The number of hydrogen-bond donors (Lipinski definition) is 12. The summed E-state index contributed by atoms with van der Waals surface area (Å²) in [6.07, 6.45) is -20.8. The molecule has 2 amide bonds. The Kier molecular flexibility index (Phi) is 14.2. The van der Waals surface area contributed by atoms with Gasteiger partial charge < -0.3 is 80.6 Å². The number of carbonyl (C=O) groups excluding carboxylic acids is 2. The van der Waals surface area contributed by atoms with Crippen LogP contribution in [0.4, 0.5) is 0 Å². The molecule has 19 heteroatoms. The molecule has 14 atom stereocenters. The van der Waals surface area contributed by atoms with Gasteiger partial charge in [-0.2, -0.15) is 0 Å². The van der Waals surface area contributed by atoms with E-state index in [0.717, 1.165) is 13.8 Å². The van der Waals surface area contributed by atoms with E-state index >= 15 is 0 Å². The number of nitrogens with one attached hydrogen (secondary N) is 2. The highest BCUT2D eigenvalue weighted by molar-refractivity contribution is 5.76. The minimum absolute atomic E-state index is 0.103. The minimum Gasteiger partial charge on any atom is -0.477 e. The third-order valence-corrected chi connectivity index (χ3v) is 7.39. The molecule has 2 aliphatic heterocycles. The summed E-state index contributed by atoms with van der Waals surface area (Å²) >= 11 is 0. The van der Waals surface area contributed by atoms with E-state index in [9.17, 15) is 65.4 Å². The standard InChI is InChI=1S/C25H44N2O17/c1-4-12(32)17(35)11(26-9(2)30)8-41-23-20(38)22(19(37)15(7-29)42-23)44-25(24(39)40)5-13(33)16(27-10(3)31)21(43-25)18(36)14(34)6-28/h11-23,28-29,32-38H,4-8H2,1-3H3,(H,26,30)(H,27,31)(H,39,40)/t11-,12+,13?,14+,15?,16+,17-,18+,19-,20?,21?,22?,23+,25-/m0/s1. The molecule has 2 heterocycles. The van der Waals surface area contributed by atoms with Gasteiger partial charge in [-0.3, -0.25) is 9.59 Å². The number of hydrogen-bond acceptors (Lipinski definition) is 16. The lowest BCUT2D eigenvalue weighted by Crippen LogP contribution is -2.70. The molecule has 0 aliphatic carbocycles. The number of carbonyl (C=O) groups is 3. The van der Waals surface area contributed by atoms with Crippen molar-refractivity contribution < 1.29 is 84.4 Å². The fraction of sp³-hybridized carbons (Fsp3) is 0.880. The summed E-state index contributed by atoms with van der Waals surface area (Å²) in [5, 5.41) is 108. The molecule has 5 unspecified atom stereocenters. The van der Waals surface area contributed by atoms with Crippen molar-refractivity contribution in [2.45, 2.75) is 119 Å². The molecule has 0 spiro atoms. The van der Waals surface area contributed by atoms with Crippen LogP contribution >= 0.6 is 0 Å². The fourth-order valence-corrected chi connectivity index (χ4v) is 4.99. The molecule has 2 rings (SSSR count). The van der Waals surface area contributed by atoms with E-state index in [0.29, 0.717) is 0 Å². The molecule has 256 valence electrons. The van der Waals surface area contributed by atoms with E-state index in [4.69, 9.17) is 18.9 Å². The van der Waals surface area contributed by atoms with Gasteiger partial charge in [0.2, 0.25) is 11.8 Å². The van der Waals surface area contributed by atoms with E-state index in [1.54, 1.807) is 6.92 Å². The predicted molar refractivity (Wildman–Crippen MR) is 141 cm³/mol. The normalized spacial score (nSPS) is 36.0. The summed E-state index contributed by atoms with van der Waals surface area (Å²) in [6, 6.07) is -2.74. The summed E-state index contributed by atoms with van der Waals surface area (Å²) in [5.74, 6) is -6.23. The van der Waals surface area contributed by atoms with Crippen molar-refractivity contribution in [2.75, 3.05) is 19.8 Å². The monoisotopic (exact) mass is 644 g/mol. The molecular formula is C25H44N2O17. The van der Waals surface area contributed by atoms with Crippen LogP contribution in [-0.2, 0) is 33.3 Å². The zero-order valence-corrected chi connectivity index (χ0v) is 24.4. The molecular weight excluding hydrogens is 600 g/mol. The van der Waals surface area contributed by atoms with Crippen LogP contribution in [0.15, 0.2) is 0 Å². The second-order valence-corrected chi connectivity index (χ2v) is 10.8. The Morgan fingerprint density at radius 2 is 1.64 bits per heavy atom. The average Bonchev–Trinajstić information content (AvgIpc) is 2.97. The number of aliphatic carboxylic acids is 1. The highest BCUT2D eigenvalue weighted by Crippen LogP contribution is 2.37. The Hall–Kier alpha value is -2.11. The number of aliphatic hydroxyl groups is 9. The van der Waals surface area contributed by atoms with E-state index in [2.05, 4.69) is 10.6 Å². The Morgan fingerprint density at radius 1 is 1.00 bits per heavy atom. The smallest absolute Gasteiger partial charge is 0.364 e. The zero-order valence-electron chi connectivity index (χ0n) is 24.4. The van der Waals surface area contributed by atoms with Crippen molar-refractivity contribution in [3.05, 3.63) is 0 Å². The van der Waals surface area contributed by atoms with Crippen molar-refractivity contribution in [1.82, 2.24) is 10.6 Å². The lowest BCUT2D eigenvalue weighted by atomic mass is 9.88. The Morgan fingerprint density at radius 3 is 2.14 bits per heavy atom. The first-order valence-electron chi connectivity index (χ1n) is 13.9. The van der Waals surface area contributed by atoms with Crippen LogP contribution in [0, 0.1) is 0 Å². The van der Waals surface area contributed by atoms with Crippen LogP contribution in [0.2, 0.25) is 0 Å². The van der Waals surface area contributed by atoms with E-state index in [1.165, 1.54) is 0 Å². The maximum Gasteiger partial charge on any atom is 0.364 e. The molecule has 19 nitrogen and oxygen atoms in total. The number of aliphatic hydroxyl groups excluding tert-OH is 9. The first-order chi connectivity index (χ1) is 20.5. The van der Waals surface area contributed by atoms with Gasteiger partial charge in [-0.05, 0) is 6.42 Å². The predicted octanol–water partition coefficient (Wildman–Crippen LogP) is -6.39. The van der Waals surface area contributed by atoms with E-state index < -0.39 is 129 Å². The van der Waals surface area contributed by atoms with Gasteiger partial charge in [-0.15, -0.1) is 0 Å². The number of carboxylic acid groups (broad SMARTS) is 1. The van der Waals surface area contributed by atoms with Gasteiger partial charge >= 0.3 is 5.97 Å². The van der Waals surface area contributed by atoms with Gasteiger partial charge in [0.25, 0.3) is 5.79 Å². The lowest BCUT2D eigenvalue weighted by molar-refractivity contribution is -0.370. The van der Waals surface area contributed by atoms with Gasteiger partial charge in [0, 0.05) is 20.3 Å². The second kappa shape index (κ2) is 16.5. The first kappa shape index (κ1) is 38.1. The summed E-state index contributed by atoms with van der Waals surface area (Å²) in [5.41, 5.74) is 0. The maximum absolute atomic E-state index is 12.6. The van der Waals surface area contributed by atoms with Crippen LogP contribution in [0.25, 0.3) is 0 Å². The SMILES string of the molecule is CC[C@@H](O)[C@@H](O)[C@H](CO[C@@H]1OC(CO)[C@H](O)C(O[C@]2(C(=O)O)CC(O)[C@@H](NC(C)=O)C([C@H](O)[C@H](O)CO)O2)C1O)NC(C)=O. The number of carboxylic acids is 1. The Bertz CT molecular complexity index is 960. The quantitative estimate of drug-likeness (QED) is 0.0788.